The van der Waals surface area contributed by atoms with Crippen LogP contribution >= 0.6 is 0 Å². The molecule has 0 spiro atoms. The number of methoxy groups -OCH3 is 1. The fourth-order valence-corrected chi connectivity index (χ4v) is 4.31. The van der Waals surface area contributed by atoms with E-state index in [4.69, 9.17) is 9.15 Å². The summed E-state index contributed by atoms with van der Waals surface area (Å²) in [6.07, 6.45) is 2.29. The molecule has 2 fully saturated rings. The number of ether oxygens (including phenoxy) is 1. The molecule has 2 aliphatic rings. The van der Waals surface area contributed by atoms with Gasteiger partial charge in [-0.25, -0.2) is 4.98 Å². The quantitative estimate of drug-likeness (QED) is 0.454. The maximum Gasteiger partial charge on any atom is 0.310 e. The number of likely N-dealkylation sites (tertiary alicyclic amines) is 2. The molecule has 0 aliphatic carbocycles. The van der Waals surface area contributed by atoms with Gasteiger partial charge in [0.05, 0.1) is 25.3 Å². The topological polar surface area (TPSA) is 83.2 Å². The lowest BCUT2D eigenvalue weighted by atomic mass is 9.97. The third-order valence-electron chi connectivity index (χ3n) is 6.32. The molecule has 2 atom stereocenters. The van der Waals surface area contributed by atoms with Crippen LogP contribution < -0.4 is 5.32 Å². The van der Waals surface area contributed by atoms with Crippen LogP contribution in [0, 0.1) is 31.6 Å². The summed E-state index contributed by atoms with van der Waals surface area (Å²) in [6.45, 7) is 11.3. The van der Waals surface area contributed by atoms with Crippen LogP contribution in [0.2, 0.25) is 0 Å². The molecule has 8 nitrogen and oxygen atoms in total. The van der Waals surface area contributed by atoms with Gasteiger partial charge >= 0.3 is 5.97 Å². The highest BCUT2D eigenvalue weighted by Gasteiger charge is 2.37. The van der Waals surface area contributed by atoms with E-state index in [0.717, 1.165) is 68.9 Å². The van der Waals surface area contributed by atoms with Gasteiger partial charge in [-0.2, -0.15) is 0 Å². The van der Waals surface area contributed by atoms with Crippen LogP contribution in [0.25, 0.3) is 0 Å². The van der Waals surface area contributed by atoms with Gasteiger partial charge < -0.3 is 19.4 Å². The third kappa shape index (κ3) is 5.29. The second-order valence-electron chi connectivity index (χ2n) is 8.41. The fraction of sp³-hybridized carbons (Fsp3) is 0.762. The number of nitrogens with one attached hydrogen (secondary N) is 1. The van der Waals surface area contributed by atoms with E-state index in [1.807, 2.05) is 13.8 Å². The molecule has 29 heavy (non-hydrogen) atoms. The van der Waals surface area contributed by atoms with Gasteiger partial charge in [0, 0.05) is 26.7 Å². The summed E-state index contributed by atoms with van der Waals surface area (Å²) >= 11 is 0. The van der Waals surface area contributed by atoms with E-state index < -0.39 is 0 Å². The lowest BCUT2D eigenvalue weighted by Crippen LogP contribution is -2.44. The molecule has 0 aromatic carbocycles. The van der Waals surface area contributed by atoms with Crippen molar-refractivity contribution in [2.75, 3.05) is 46.9 Å². The molecule has 1 aromatic heterocycles. The van der Waals surface area contributed by atoms with Crippen molar-refractivity contribution in [3.05, 3.63) is 17.3 Å². The van der Waals surface area contributed by atoms with Crippen LogP contribution in [0.4, 0.5) is 0 Å². The maximum atomic E-state index is 11.9. The number of aliphatic imine (C=N–C) groups is 1. The molecule has 0 amide bonds. The SMILES string of the molecule is CN=C(NCC1CCN(Cc2nc(C)c(C)o2)CC1)N1CC(C)C(C(=O)OC)C1. The van der Waals surface area contributed by atoms with E-state index in [1.54, 1.807) is 7.05 Å². The number of carbonyl (C=O) groups is 1. The Morgan fingerprint density at radius 2 is 2.03 bits per heavy atom. The first-order valence-electron chi connectivity index (χ1n) is 10.6. The van der Waals surface area contributed by atoms with Gasteiger partial charge in [0.2, 0.25) is 5.89 Å². The van der Waals surface area contributed by atoms with Crippen molar-refractivity contribution in [3.8, 4) is 0 Å². The van der Waals surface area contributed by atoms with Crippen LogP contribution in [0.15, 0.2) is 9.41 Å². The second kappa shape index (κ2) is 9.61. The van der Waals surface area contributed by atoms with E-state index in [2.05, 4.69) is 32.0 Å². The Morgan fingerprint density at radius 3 is 2.62 bits per heavy atom. The molecule has 2 saturated heterocycles. The number of esters is 1. The molecule has 0 radical (unpaired) electrons. The van der Waals surface area contributed by atoms with Crippen molar-refractivity contribution >= 4 is 11.9 Å². The summed E-state index contributed by atoms with van der Waals surface area (Å²) in [5.41, 5.74) is 0.983. The van der Waals surface area contributed by atoms with Crippen LogP contribution in [0.3, 0.4) is 0 Å². The van der Waals surface area contributed by atoms with Crippen molar-refractivity contribution in [1.29, 1.82) is 0 Å². The highest BCUT2D eigenvalue weighted by Crippen LogP contribution is 2.24. The summed E-state index contributed by atoms with van der Waals surface area (Å²) in [6, 6.07) is 0. The fourth-order valence-electron chi connectivity index (χ4n) is 4.31. The zero-order valence-corrected chi connectivity index (χ0v) is 18.4. The Balaban J connectivity index is 1.43. The van der Waals surface area contributed by atoms with Gasteiger partial charge in [-0.15, -0.1) is 0 Å². The van der Waals surface area contributed by atoms with Crippen molar-refractivity contribution in [2.45, 2.75) is 40.2 Å². The third-order valence-corrected chi connectivity index (χ3v) is 6.32. The number of carbonyl (C=O) groups excluding carboxylic acids is 1. The first-order chi connectivity index (χ1) is 13.9. The summed E-state index contributed by atoms with van der Waals surface area (Å²) in [4.78, 5) is 25.5. The van der Waals surface area contributed by atoms with Crippen molar-refractivity contribution in [2.24, 2.45) is 22.7 Å². The van der Waals surface area contributed by atoms with E-state index in [1.165, 1.54) is 7.11 Å². The molecule has 1 aromatic rings. The first-order valence-corrected chi connectivity index (χ1v) is 10.6. The molecule has 162 valence electrons. The van der Waals surface area contributed by atoms with Gasteiger partial charge in [0.25, 0.3) is 0 Å². The van der Waals surface area contributed by atoms with Gasteiger partial charge in [-0.05, 0) is 51.6 Å². The predicted octanol–water partition coefficient (Wildman–Crippen LogP) is 1.82. The lowest BCUT2D eigenvalue weighted by molar-refractivity contribution is -0.145. The summed E-state index contributed by atoms with van der Waals surface area (Å²) in [5.74, 6) is 3.30. The van der Waals surface area contributed by atoms with Crippen LogP contribution in [0.1, 0.15) is 37.1 Å². The number of nitrogens with zero attached hydrogens (tertiary/aromatic N) is 4. The predicted molar refractivity (Wildman–Crippen MR) is 112 cm³/mol. The smallest absolute Gasteiger partial charge is 0.310 e. The van der Waals surface area contributed by atoms with Crippen molar-refractivity contribution in [1.82, 2.24) is 20.1 Å². The van der Waals surface area contributed by atoms with Crippen molar-refractivity contribution in [3.63, 3.8) is 0 Å². The average Bonchev–Trinajstić information content (AvgIpc) is 3.24. The molecule has 8 heteroatoms. The Morgan fingerprint density at radius 1 is 1.31 bits per heavy atom. The Labute approximate surface area is 173 Å². The van der Waals surface area contributed by atoms with E-state index in [9.17, 15) is 4.79 Å². The van der Waals surface area contributed by atoms with E-state index in [-0.39, 0.29) is 17.8 Å². The van der Waals surface area contributed by atoms with Gasteiger partial charge in [-0.3, -0.25) is 14.7 Å². The zero-order chi connectivity index (χ0) is 21.0. The number of aromatic nitrogens is 1. The highest BCUT2D eigenvalue weighted by molar-refractivity contribution is 5.82. The zero-order valence-electron chi connectivity index (χ0n) is 18.4. The lowest BCUT2D eigenvalue weighted by Gasteiger charge is -2.32. The van der Waals surface area contributed by atoms with E-state index in [0.29, 0.717) is 12.5 Å². The molecule has 2 unspecified atom stereocenters. The number of hydrogen-bond donors (Lipinski definition) is 1. The number of oxazole rings is 1. The monoisotopic (exact) mass is 405 g/mol. The molecule has 0 saturated carbocycles. The number of piperidine rings is 1. The molecule has 2 aliphatic heterocycles. The first kappa shape index (κ1) is 21.6. The molecule has 3 heterocycles. The maximum absolute atomic E-state index is 11.9. The van der Waals surface area contributed by atoms with Crippen LogP contribution in [0.5, 0.6) is 0 Å². The molecular weight excluding hydrogens is 370 g/mol. The summed E-state index contributed by atoms with van der Waals surface area (Å²) in [7, 11) is 3.27. The summed E-state index contributed by atoms with van der Waals surface area (Å²) < 4.78 is 10.7. The Hall–Kier alpha value is -2.09. The van der Waals surface area contributed by atoms with Crippen LogP contribution in [-0.2, 0) is 16.1 Å². The molecule has 0 bridgehead atoms. The Bertz CT molecular complexity index is 704. The highest BCUT2D eigenvalue weighted by atomic mass is 16.5. The number of aryl methyl sites for hydroxylation is 2. The molecule has 1 N–H and O–H groups in total. The summed E-state index contributed by atoms with van der Waals surface area (Å²) in [5, 5.41) is 3.53. The number of guanidine groups is 1. The average molecular weight is 406 g/mol. The number of rotatable bonds is 5. The van der Waals surface area contributed by atoms with Gasteiger partial charge in [0.1, 0.15) is 5.76 Å². The minimum absolute atomic E-state index is 0.0794. The van der Waals surface area contributed by atoms with Gasteiger partial charge in [-0.1, -0.05) is 6.92 Å². The standard InChI is InChI=1S/C21H35N5O3/c1-14-11-26(12-18(14)20(27)28-5)21(22-4)23-10-17-6-8-25(9-7-17)13-19-24-15(2)16(3)29-19/h14,17-18H,6-13H2,1-5H3,(H,22,23). The van der Waals surface area contributed by atoms with Gasteiger partial charge in [0.15, 0.2) is 5.96 Å². The van der Waals surface area contributed by atoms with Crippen molar-refractivity contribution < 1.29 is 13.9 Å². The molecule has 3 rings (SSSR count). The molecular formula is C21H35N5O3. The second-order valence-corrected chi connectivity index (χ2v) is 8.41. The minimum Gasteiger partial charge on any atom is -0.469 e. The largest absolute Gasteiger partial charge is 0.469 e. The number of hydrogen-bond acceptors (Lipinski definition) is 6. The normalized spacial score (nSPS) is 24.2. The Kier molecular flexibility index (Phi) is 7.16. The van der Waals surface area contributed by atoms with Crippen LogP contribution in [-0.4, -0.2) is 73.6 Å². The minimum atomic E-state index is -0.126. The van der Waals surface area contributed by atoms with E-state index >= 15 is 0 Å².